The van der Waals surface area contributed by atoms with Gasteiger partial charge in [-0.25, -0.2) is 0 Å². The summed E-state index contributed by atoms with van der Waals surface area (Å²) in [5, 5.41) is 6.42. The number of carbonyl (C=O) groups is 2. The molecule has 2 atom stereocenters. The molecule has 1 aromatic rings. The van der Waals surface area contributed by atoms with Crippen LogP contribution in [0, 0.1) is 5.92 Å². The Labute approximate surface area is 145 Å². The standard InChI is InChI=1S/C20H30N2O2/c1-14(2)13-16-6-8-17(9-7-16)19(23)10-11-20(24)22-18-5-4-12-21-15(18)3/h6-9,14-15,18,21H,4-5,10-13H2,1-3H3,(H,22,24). The minimum atomic E-state index is -0.0275. The van der Waals surface area contributed by atoms with Gasteiger partial charge < -0.3 is 10.6 Å². The second kappa shape index (κ2) is 8.97. The van der Waals surface area contributed by atoms with Crippen LogP contribution >= 0.6 is 0 Å². The van der Waals surface area contributed by atoms with Crippen LogP contribution in [0.1, 0.15) is 62.4 Å². The van der Waals surface area contributed by atoms with Crippen molar-refractivity contribution < 1.29 is 9.59 Å². The van der Waals surface area contributed by atoms with E-state index in [1.165, 1.54) is 5.56 Å². The minimum Gasteiger partial charge on any atom is -0.352 e. The Morgan fingerprint density at radius 1 is 1.21 bits per heavy atom. The number of benzene rings is 1. The number of Topliss-reactive ketones (excluding diaryl/α,β-unsaturated/α-hetero) is 1. The van der Waals surface area contributed by atoms with Crippen LogP contribution in [0.15, 0.2) is 24.3 Å². The number of hydrogen-bond acceptors (Lipinski definition) is 3. The molecule has 2 rings (SSSR count). The van der Waals surface area contributed by atoms with Crippen molar-refractivity contribution in [2.45, 2.75) is 65.0 Å². The molecule has 0 saturated carbocycles. The lowest BCUT2D eigenvalue weighted by molar-refractivity contribution is -0.122. The predicted molar refractivity (Wildman–Crippen MR) is 97.2 cm³/mol. The first-order chi connectivity index (χ1) is 11.5. The fourth-order valence-electron chi connectivity index (χ4n) is 3.19. The van der Waals surface area contributed by atoms with Crippen molar-refractivity contribution in [3.8, 4) is 0 Å². The second-order valence-electron chi connectivity index (χ2n) is 7.28. The van der Waals surface area contributed by atoms with Gasteiger partial charge in [0.05, 0.1) is 0 Å². The van der Waals surface area contributed by atoms with Crippen molar-refractivity contribution in [3.05, 3.63) is 35.4 Å². The van der Waals surface area contributed by atoms with Crippen molar-refractivity contribution in [2.75, 3.05) is 6.54 Å². The summed E-state index contributed by atoms with van der Waals surface area (Å²) >= 11 is 0. The highest BCUT2D eigenvalue weighted by Crippen LogP contribution is 2.13. The summed E-state index contributed by atoms with van der Waals surface area (Å²) in [5.74, 6) is 0.614. The molecule has 1 aliphatic heterocycles. The second-order valence-corrected chi connectivity index (χ2v) is 7.28. The molecule has 0 radical (unpaired) electrons. The van der Waals surface area contributed by atoms with Gasteiger partial charge in [0, 0.05) is 30.5 Å². The van der Waals surface area contributed by atoms with Crippen LogP contribution in [0.2, 0.25) is 0 Å². The van der Waals surface area contributed by atoms with Gasteiger partial charge in [0.25, 0.3) is 0 Å². The van der Waals surface area contributed by atoms with Crippen molar-refractivity contribution in [1.82, 2.24) is 10.6 Å². The Kier molecular flexibility index (Phi) is 6.98. The fourth-order valence-corrected chi connectivity index (χ4v) is 3.19. The lowest BCUT2D eigenvalue weighted by atomic mass is 9.98. The minimum absolute atomic E-state index is 0.0275. The van der Waals surface area contributed by atoms with Crippen LogP contribution < -0.4 is 10.6 Å². The van der Waals surface area contributed by atoms with Crippen LogP contribution in [0.25, 0.3) is 0 Å². The van der Waals surface area contributed by atoms with Gasteiger partial charge in [0.15, 0.2) is 5.78 Å². The molecule has 132 valence electrons. The maximum atomic E-state index is 12.2. The molecule has 0 bridgehead atoms. The van der Waals surface area contributed by atoms with Crippen molar-refractivity contribution >= 4 is 11.7 Å². The fraction of sp³-hybridized carbons (Fsp3) is 0.600. The number of piperidine rings is 1. The van der Waals surface area contributed by atoms with Gasteiger partial charge in [-0.2, -0.15) is 0 Å². The van der Waals surface area contributed by atoms with Crippen LogP contribution in [0.4, 0.5) is 0 Å². The third-order valence-corrected chi connectivity index (χ3v) is 4.61. The molecule has 1 amide bonds. The zero-order valence-corrected chi connectivity index (χ0v) is 15.1. The molecular formula is C20H30N2O2. The molecule has 0 aromatic heterocycles. The molecule has 4 nitrogen and oxygen atoms in total. The molecule has 4 heteroatoms. The lowest BCUT2D eigenvalue weighted by Crippen LogP contribution is -2.51. The van der Waals surface area contributed by atoms with E-state index >= 15 is 0 Å². The van der Waals surface area contributed by atoms with E-state index in [1.54, 1.807) is 0 Å². The molecule has 0 aliphatic carbocycles. The van der Waals surface area contributed by atoms with Crippen LogP contribution in [-0.2, 0) is 11.2 Å². The Bertz CT molecular complexity index is 551. The van der Waals surface area contributed by atoms with Crippen LogP contribution in [-0.4, -0.2) is 30.3 Å². The summed E-state index contributed by atoms with van der Waals surface area (Å²) in [5.41, 5.74) is 1.95. The molecule has 0 spiro atoms. The van der Waals surface area contributed by atoms with Crippen molar-refractivity contribution in [1.29, 1.82) is 0 Å². The Balaban J connectivity index is 1.78. The molecule has 1 fully saturated rings. The Morgan fingerprint density at radius 2 is 1.92 bits per heavy atom. The van der Waals surface area contributed by atoms with E-state index in [-0.39, 0.29) is 30.6 Å². The summed E-state index contributed by atoms with van der Waals surface area (Å²) in [6.45, 7) is 7.47. The van der Waals surface area contributed by atoms with Crippen molar-refractivity contribution in [3.63, 3.8) is 0 Å². The average Bonchev–Trinajstić information content (AvgIpc) is 2.55. The highest BCUT2D eigenvalue weighted by atomic mass is 16.2. The molecule has 1 aliphatic rings. The molecule has 2 N–H and O–H groups in total. The van der Waals surface area contributed by atoms with E-state index in [2.05, 4.69) is 31.4 Å². The largest absolute Gasteiger partial charge is 0.352 e. The van der Waals surface area contributed by atoms with Crippen LogP contribution in [0.5, 0.6) is 0 Å². The van der Waals surface area contributed by atoms with E-state index in [9.17, 15) is 9.59 Å². The number of carbonyl (C=O) groups excluding carboxylic acids is 2. The Morgan fingerprint density at radius 3 is 2.54 bits per heavy atom. The van der Waals surface area contributed by atoms with Gasteiger partial charge in [0.1, 0.15) is 0 Å². The molecule has 2 unspecified atom stereocenters. The smallest absolute Gasteiger partial charge is 0.220 e. The SMILES string of the molecule is CC(C)Cc1ccc(C(=O)CCC(=O)NC2CCCNC2C)cc1. The highest BCUT2D eigenvalue weighted by Gasteiger charge is 2.22. The predicted octanol–water partition coefficient (Wildman–Crippen LogP) is 3.10. The highest BCUT2D eigenvalue weighted by molar-refractivity contribution is 5.98. The molecule has 1 aromatic carbocycles. The monoisotopic (exact) mass is 330 g/mol. The summed E-state index contributed by atoms with van der Waals surface area (Å²) < 4.78 is 0. The van der Waals surface area contributed by atoms with Crippen molar-refractivity contribution in [2.24, 2.45) is 5.92 Å². The van der Waals surface area contributed by atoms with Gasteiger partial charge in [-0.15, -0.1) is 0 Å². The summed E-state index contributed by atoms with van der Waals surface area (Å²) in [6, 6.07) is 8.27. The van der Waals surface area contributed by atoms with E-state index in [1.807, 2.05) is 24.3 Å². The topological polar surface area (TPSA) is 58.2 Å². The maximum absolute atomic E-state index is 12.2. The third kappa shape index (κ3) is 5.75. The summed E-state index contributed by atoms with van der Waals surface area (Å²) in [4.78, 5) is 24.3. The third-order valence-electron chi connectivity index (χ3n) is 4.61. The zero-order chi connectivity index (χ0) is 17.5. The van der Waals surface area contributed by atoms with Gasteiger partial charge in [-0.3, -0.25) is 9.59 Å². The maximum Gasteiger partial charge on any atom is 0.220 e. The van der Waals surface area contributed by atoms with Gasteiger partial charge in [0.2, 0.25) is 5.91 Å². The molecule has 1 heterocycles. The number of ketones is 1. The normalized spacial score (nSPS) is 20.8. The summed E-state index contributed by atoms with van der Waals surface area (Å²) in [7, 11) is 0. The van der Waals surface area contributed by atoms with E-state index in [0.29, 0.717) is 17.5 Å². The van der Waals surface area contributed by atoms with E-state index < -0.39 is 0 Å². The Hall–Kier alpha value is -1.68. The number of hydrogen-bond donors (Lipinski definition) is 2. The first-order valence-electron chi connectivity index (χ1n) is 9.10. The lowest BCUT2D eigenvalue weighted by Gasteiger charge is -2.30. The molecule has 1 saturated heterocycles. The number of nitrogens with one attached hydrogen (secondary N) is 2. The van der Waals surface area contributed by atoms with Gasteiger partial charge in [-0.1, -0.05) is 38.1 Å². The zero-order valence-electron chi connectivity index (χ0n) is 15.1. The number of rotatable bonds is 7. The first kappa shape index (κ1) is 18.7. The average molecular weight is 330 g/mol. The van der Waals surface area contributed by atoms with Crippen LogP contribution in [0.3, 0.4) is 0 Å². The van der Waals surface area contributed by atoms with Gasteiger partial charge >= 0.3 is 0 Å². The molecular weight excluding hydrogens is 300 g/mol. The first-order valence-corrected chi connectivity index (χ1v) is 9.10. The van der Waals surface area contributed by atoms with E-state index in [4.69, 9.17) is 0 Å². The van der Waals surface area contributed by atoms with Gasteiger partial charge in [-0.05, 0) is 44.2 Å². The van der Waals surface area contributed by atoms with E-state index in [0.717, 1.165) is 25.8 Å². The summed E-state index contributed by atoms with van der Waals surface area (Å²) in [6.07, 6.45) is 3.63. The quantitative estimate of drug-likeness (QED) is 0.755. The molecule has 24 heavy (non-hydrogen) atoms. The number of amides is 1.